The van der Waals surface area contributed by atoms with Crippen molar-refractivity contribution in [3.05, 3.63) is 30.1 Å². The standard InChI is InChI=1S/C18H25N3O3/c1-20(13-14-7-9-19-10-8-14)17(22)15-5-2-3-11-21(15)18(23)16-6-4-12-24-16/h7-10,15-16H,2-6,11-13H2,1H3/t15-,16-/m0/s1. The molecule has 0 aromatic carbocycles. The number of ether oxygens (including phenoxy) is 1. The molecule has 2 atom stereocenters. The van der Waals surface area contributed by atoms with Crippen LogP contribution in [-0.2, 0) is 20.9 Å². The predicted octanol–water partition coefficient (Wildman–Crippen LogP) is 1.60. The molecule has 6 nitrogen and oxygen atoms in total. The number of aromatic nitrogens is 1. The number of nitrogens with zero attached hydrogens (tertiary/aromatic N) is 3. The van der Waals surface area contributed by atoms with E-state index < -0.39 is 0 Å². The molecule has 24 heavy (non-hydrogen) atoms. The van der Waals surface area contributed by atoms with Gasteiger partial charge in [0.2, 0.25) is 5.91 Å². The van der Waals surface area contributed by atoms with E-state index in [1.165, 1.54) is 0 Å². The number of hydrogen-bond acceptors (Lipinski definition) is 4. The summed E-state index contributed by atoms with van der Waals surface area (Å²) in [5, 5.41) is 0. The first-order valence-corrected chi connectivity index (χ1v) is 8.73. The zero-order chi connectivity index (χ0) is 16.9. The lowest BCUT2D eigenvalue weighted by atomic mass is 9.99. The molecule has 2 fully saturated rings. The number of pyridine rings is 1. The van der Waals surface area contributed by atoms with Gasteiger partial charge in [-0.1, -0.05) is 0 Å². The SMILES string of the molecule is CN(Cc1ccncc1)C(=O)[C@@H]1CCCCN1C(=O)[C@@H]1CCCO1. The van der Waals surface area contributed by atoms with Crippen LogP contribution in [0.5, 0.6) is 0 Å². The molecule has 3 heterocycles. The number of likely N-dealkylation sites (tertiary alicyclic amines) is 1. The highest BCUT2D eigenvalue weighted by Gasteiger charge is 2.37. The van der Waals surface area contributed by atoms with Crippen LogP contribution in [0.2, 0.25) is 0 Å². The summed E-state index contributed by atoms with van der Waals surface area (Å²) in [5.41, 5.74) is 1.04. The van der Waals surface area contributed by atoms with E-state index in [0.717, 1.165) is 37.7 Å². The fourth-order valence-electron chi connectivity index (χ4n) is 3.50. The monoisotopic (exact) mass is 331 g/mol. The highest BCUT2D eigenvalue weighted by Crippen LogP contribution is 2.23. The van der Waals surface area contributed by atoms with Crippen LogP contribution < -0.4 is 0 Å². The van der Waals surface area contributed by atoms with Gasteiger partial charge in [0.1, 0.15) is 12.1 Å². The molecule has 1 aromatic rings. The van der Waals surface area contributed by atoms with Gasteiger partial charge in [-0.2, -0.15) is 0 Å². The van der Waals surface area contributed by atoms with E-state index in [-0.39, 0.29) is 24.0 Å². The summed E-state index contributed by atoms with van der Waals surface area (Å²) in [6.45, 7) is 1.82. The summed E-state index contributed by atoms with van der Waals surface area (Å²) >= 11 is 0. The van der Waals surface area contributed by atoms with Gasteiger partial charge in [0, 0.05) is 39.1 Å². The number of carbonyl (C=O) groups is 2. The van der Waals surface area contributed by atoms with Crippen molar-refractivity contribution in [2.24, 2.45) is 0 Å². The molecule has 0 radical (unpaired) electrons. The van der Waals surface area contributed by atoms with E-state index in [1.807, 2.05) is 12.1 Å². The Morgan fingerprint density at radius 1 is 1.25 bits per heavy atom. The van der Waals surface area contributed by atoms with Crippen LogP contribution in [0.25, 0.3) is 0 Å². The van der Waals surface area contributed by atoms with Crippen molar-refractivity contribution < 1.29 is 14.3 Å². The van der Waals surface area contributed by atoms with Crippen molar-refractivity contribution in [2.75, 3.05) is 20.2 Å². The average Bonchev–Trinajstić information content (AvgIpc) is 3.16. The molecule has 6 heteroatoms. The lowest BCUT2D eigenvalue weighted by Gasteiger charge is -2.37. The third kappa shape index (κ3) is 3.75. The topological polar surface area (TPSA) is 62.7 Å². The minimum absolute atomic E-state index is 0.0112. The van der Waals surface area contributed by atoms with Gasteiger partial charge in [0.25, 0.3) is 5.91 Å². The van der Waals surface area contributed by atoms with E-state index >= 15 is 0 Å². The molecular weight excluding hydrogens is 306 g/mol. The Morgan fingerprint density at radius 2 is 2.04 bits per heavy atom. The fourth-order valence-corrected chi connectivity index (χ4v) is 3.50. The molecule has 2 aliphatic rings. The van der Waals surface area contributed by atoms with Gasteiger partial charge in [-0.25, -0.2) is 0 Å². The Labute approximate surface area is 142 Å². The van der Waals surface area contributed by atoms with Crippen LogP contribution in [0.1, 0.15) is 37.7 Å². The third-order valence-electron chi connectivity index (χ3n) is 4.82. The van der Waals surface area contributed by atoms with Crippen molar-refractivity contribution in [3.8, 4) is 0 Å². The Morgan fingerprint density at radius 3 is 2.75 bits per heavy atom. The van der Waals surface area contributed by atoms with Crippen molar-refractivity contribution in [2.45, 2.75) is 50.8 Å². The van der Waals surface area contributed by atoms with Crippen molar-refractivity contribution in [1.82, 2.24) is 14.8 Å². The minimum Gasteiger partial charge on any atom is -0.368 e. The van der Waals surface area contributed by atoms with Crippen molar-refractivity contribution in [1.29, 1.82) is 0 Å². The van der Waals surface area contributed by atoms with Crippen LogP contribution in [0.4, 0.5) is 0 Å². The maximum atomic E-state index is 12.9. The normalized spacial score (nSPS) is 24.0. The molecule has 0 aliphatic carbocycles. The molecule has 0 saturated carbocycles. The van der Waals surface area contributed by atoms with Gasteiger partial charge >= 0.3 is 0 Å². The van der Waals surface area contributed by atoms with Gasteiger partial charge in [-0.3, -0.25) is 14.6 Å². The van der Waals surface area contributed by atoms with Gasteiger partial charge < -0.3 is 14.5 Å². The maximum absolute atomic E-state index is 12.9. The van der Waals surface area contributed by atoms with Crippen molar-refractivity contribution in [3.63, 3.8) is 0 Å². The minimum atomic E-state index is -0.359. The largest absolute Gasteiger partial charge is 0.368 e. The molecule has 0 spiro atoms. The third-order valence-corrected chi connectivity index (χ3v) is 4.82. The Hall–Kier alpha value is -1.95. The number of amides is 2. The zero-order valence-electron chi connectivity index (χ0n) is 14.2. The average molecular weight is 331 g/mol. The van der Waals surface area contributed by atoms with Gasteiger partial charge in [0.05, 0.1) is 0 Å². The predicted molar refractivity (Wildman–Crippen MR) is 89.0 cm³/mol. The van der Waals surface area contributed by atoms with E-state index in [0.29, 0.717) is 19.7 Å². The second-order valence-corrected chi connectivity index (χ2v) is 6.59. The summed E-state index contributed by atoms with van der Waals surface area (Å²) in [4.78, 5) is 33.1. The summed E-state index contributed by atoms with van der Waals surface area (Å²) in [5.74, 6) is 0.000667. The van der Waals surface area contributed by atoms with Crippen LogP contribution in [-0.4, -0.2) is 58.9 Å². The lowest BCUT2D eigenvalue weighted by Crippen LogP contribution is -2.54. The second-order valence-electron chi connectivity index (χ2n) is 6.59. The molecule has 0 unspecified atom stereocenters. The van der Waals surface area contributed by atoms with E-state index in [9.17, 15) is 9.59 Å². The highest BCUT2D eigenvalue weighted by molar-refractivity contribution is 5.89. The molecule has 3 rings (SSSR count). The van der Waals surface area contributed by atoms with E-state index in [2.05, 4.69) is 4.98 Å². The molecule has 0 N–H and O–H groups in total. The van der Waals surface area contributed by atoms with Crippen molar-refractivity contribution >= 4 is 11.8 Å². The number of carbonyl (C=O) groups excluding carboxylic acids is 2. The molecule has 2 aliphatic heterocycles. The lowest BCUT2D eigenvalue weighted by molar-refractivity contribution is -0.153. The highest BCUT2D eigenvalue weighted by atomic mass is 16.5. The second kappa shape index (κ2) is 7.75. The van der Waals surface area contributed by atoms with Crippen LogP contribution in [0, 0.1) is 0 Å². The zero-order valence-corrected chi connectivity index (χ0v) is 14.2. The summed E-state index contributed by atoms with van der Waals surface area (Å²) in [6.07, 6.45) is 7.45. The number of likely N-dealkylation sites (N-methyl/N-ethyl adjacent to an activating group) is 1. The van der Waals surface area contributed by atoms with Crippen LogP contribution >= 0.6 is 0 Å². The summed E-state index contributed by atoms with van der Waals surface area (Å²) < 4.78 is 5.53. The number of piperidine rings is 1. The van der Waals surface area contributed by atoms with Gasteiger partial charge in [0.15, 0.2) is 0 Å². The fraction of sp³-hybridized carbons (Fsp3) is 0.611. The molecule has 2 amide bonds. The summed E-state index contributed by atoms with van der Waals surface area (Å²) in [6, 6.07) is 3.45. The molecule has 1 aromatic heterocycles. The van der Waals surface area contributed by atoms with Gasteiger partial charge in [-0.15, -0.1) is 0 Å². The van der Waals surface area contributed by atoms with Gasteiger partial charge in [-0.05, 0) is 49.8 Å². The van der Waals surface area contributed by atoms with E-state index in [1.54, 1.807) is 29.2 Å². The molecular formula is C18H25N3O3. The Bertz CT molecular complexity index is 572. The number of rotatable bonds is 4. The quantitative estimate of drug-likeness (QED) is 0.841. The Balaban J connectivity index is 1.67. The van der Waals surface area contributed by atoms with Crippen LogP contribution in [0.15, 0.2) is 24.5 Å². The summed E-state index contributed by atoms with van der Waals surface area (Å²) in [7, 11) is 1.80. The van der Waals surface area contributed by atoms with Crippen LogP contribution in [0.3, 0.4) is 0 Å². The Kier molecular flexibility index (Phi) is 5.45. The first-order chi connectivity index (χ1) is 11.7. The first-order valence-electron chi connectivity index (χ1n) is 8.73. The molecule has 2 saturated heterocycles. The molecule has 130 valence electrons. The first kappa shape index (κ1) is 16.9. The smallest absolute Gasteiger partial charge is 0.252 e. The molecule has 0 bridgehead atoms. The number of hydrogen-bond donors (Lipinski definition) is 0. The maximum Gasteiger partial charge on any atom is 0.252 e. The van der Waals surface area contributed by atoms with E-state index in [4.69, 9.17) is 4.74 Å².